The molecule has 0 spiro atoms. The van der Waals surface area contributed by atoms with E-state index in [1.165, 1.54) is 0 Å². The molecule has 0 rings (SSSR count). The van der Waals surface area contributed by atoms with E-state index in [1.54, 1.807) is 25.2 Å². The maximum absolute atomic E-state index is 11.3. The van der Waals surface area contributed by atoms with Crippen LogP contribution in [0.1, 0.15) is 20.8 Å². The minimum Gasteiger partial charge on any atom is -0.465 e. The smallest absolute Gasteiger partial charge is 0.315 e. The molecule has 0 radical (unpaired) electrons. The minimum atomic E-state index is -0.551. The standard InChI is InChI=1S/C10H16O2/c1-5-7-8-10(3,4)9(11)12-6-2/h5,7-8H,1,6H2,2-4H3. The molecule has 0 aromatic carbocycles. The summed E-state index contributed by atoms with van der Waals surface area (Å²) < 4.78 is 4.88. The summed E-state index contributed by atoms with van der Waals surface area (Å²) >= 11 is 0. The van der Waals surface area contributed by atoms with Gasteiger partial charge in [-0.15, -0.1) is 0 Å². The zero-order valence-corrected chi connectivity index (χ0v) is 7.96. The second kappa shape index (κ2) is 4.75. The molecule has 0 saturated carbocycles. The van der Waals surface area contributed by atoms with E-state index in [-0.39, 0.29) is 5.97 Å². The molecular weight excluding hydrogens is 152 g/mol. The Balaban J connectivity index is 4.27. The van der Waals surface area contributed by atoms with Gasteiger partial charge < -0.3 is 4.74 Å². The van der Waals surface area contributed by atoms with Crippen molar-refractivity contribution in [2.24, 2.45) is 5.41 Å². The Morgan fingerprint density at radius 1 is 1.58 bits per heavy atom. The molecule has 0 fully saturated rings. The van der Waals surface area contributed by atoms with Gasteiger partial charge in [0.15, 0.2) is 0 Å². The summed E-state index contributed by atoms with van der Waals surface area (Å²) in [5, 5.41) is 0. The largest absolute Gasteiger partial charge is 0.465 e. The van der Waals surface area contributed by atoms with Crippen molar-refractivity contribution in [1.29, 1.82) is 0 Å². The van der Waals surface area contributed by atoms with Gasteiger partial charge in [0.1, 0.15) is 0 Å². The van der Waals surface area contributed by atoms with E-state index in [9.17, 15) is 4.79 Å². The van der Waals surface area contributed by atoms with Crippen molar-refractivity contribution in [2.45, 2.75) is 20.8 Å². The fraction of sp³-hybridized carbons (Fsp3) is 0.500. The third-order valence-electron chi connectivity index (χ3n) is 1.45. The Morgan fingerprint density at radius 3 is 2.58 bits per heavy atom. The second-order valence-corrected chi connectivity index (χ2v) is 3.04. The van der Waals surface area contributed by atoms with Crippen LogP contribution in [0.15, 0.2) is 24.8 Å². The molecule has 0 atom stereocenters. The fourth-order valence-electron chi connectivity index (χ4n) is 0.694. The van der Waals surface area contributed by atoms with Crippen LogP contribution in [0.4, 0.5) is 0 Å². The molecule has 0 bridgehead atoms. The van der Waals surface area contributed by atoms with Gasteiger partial charge in [-0.05, 0) is 20.8 Å². The highest BCUT2D eigenvalue weighted by Crippen LogP contribution is 2.18. The van der Waals surface area contributed by atoms with Crippen LogP contribution in [0.3, 0.4) is 0 Å². The monoisotopic (exact) mass is 168 g/mol. The highest BCUT2D eigenvalue weighted by Gasteiger charge is 2.25. The molecule has 0 aliphatic rings. The Morgan fingerprint density at radius 2 is 2.17 bits per heavy atom. The zero-order valence-electron chi connectivity index (χ0n) is 7.96. The van der Waals surface area contributed by atoms with Gasteiger partial charge in [0.25, 0.3) is 0 Å². The van der Waals surface area contributed by atoms with Crippen molar-refractivity contribution in [2.75, 3.05) is 6.61 Å². The van der Waals surface area contributed by atoms with E-state index in [0.717, 1.165) is 0 Å². The lowest BCUT2D eigenvalue weighted by molar-refractivity contribution is -0.150. The zero-order chi connectivity index (χ0) is 9.61. The second-order valence-electron chi connectivity index (χ2n) is 3.04. The van der Waals surface area contributed by atoms with Crippen LogP contribution >= 0.6 is 0 Å². The fourth-order valence-corrected chi connectivity index (χ4v) is 0.694. The van der Waals surface area contributed by atoms with E-state index in [2.05, 4.69) is 6.58 Å². The van der Waals surface area contributed by atoms with Crippen LogP contribution in [-0.2, 0) is 9.53 Å². The van der Waals surface area contributed by atoms with Crippen LogP contribution < -0.4 is 0 Å². The molecule has 68 valence electrons. The van der Waals surface area contributed by atoms with Crippen molar-refractivity contribution in [3.63, 3.8) is 0 Å². The van der Waals surface area contributed by atoms with Crippen molar-refractivity contribution in [3.05, 3.63) is 24.8 Å². The predicted molar refractivity (Wildman–Crippen MR) is 49.8 cm³/mol. The number of ether oxygens (including phenoxy) is 1. The van der Waals surface area contributed by atoms with Crippen LogP contribution in [0, 0.1) is 5.41 Å². The number of esters is 1. The van der Waals surface area contributed by atoms with E-state index in [1.807, 2.05) is 13.8 Å². The van der Waals surface area contributed by atoms with E-state index < -0.39 is 5.41 Å². The van der Waals surface area contributed by atoms with E-state index in [4.69, 9.17) is 4.74 Å². The molecule has 0 amide bonds. The lowest BCUT2D eigenvalue weighted by Crippen LogP contribution is -2.24. The lowest BCUT2D eigenvalue weighted by atomic mass is 9.93. The van der Waals surface area contributed by atoms with Gasteiger partial charge in [-0.1, -0.05) is 24.8 Å². The molecule has 0 saturated heterocycles. The normalized spacial score (nSPS) is 11.6. The third-order valence-corrected chi connectivity index (χ3v) is 1.45. The summed E-state index contributed by atoms with van der Waals surface area (Å²) in [5.41, 5.74) is -0.551. The molecule has 12 heavy (non-hydrogen) atoms. The highest BCUT2D eigenvalue weighted by atomic mass is 16.5. The molecule has 0 aliphatic heterocycles. The van der Waals surface area contributed by atoms with Crippen LogP contribution in [-0.4, -0.2) is 12.6 Å². The first kappa shape index (κ1) is 11.0. The molecule has 2 nitrogen and oxygen atoms in total. The maximum Gasteiger partial charge on any atom is 0.315 e. The Labute approximate surface area is 73.9 Å². The molecule has 0 unspecified atom stereocenters. The van der Waals surface area contributed by atoms with Gasteiger partial charge in [-0.2, -0.15) is 0 Å². The van der Waals surface area contributed by atoms with Gasteiger partial charge >= 0.3 is 5.97 Å². The molecule has 0 heterocycles. The topological polar surface area (TPSA) is 26.3 Å². The van der Waals surface area contributed by atoms with E-state index in [0.29, 0.717) is 6.61 Å². The number of hydrogen-bond donors (Lipinski definition) is 0. The summed E-state index contributed by atoms with van der Waals surface area (Å²) in [6, 6.07) is 0. The average molecular weight is 168 g/mol. The first-order valence-corrected chi connectivity index (χ1v) is 4.02. The first-order chi connectivity index (χ1) is 5.54. The van der Waals surface area contributed by atoms with Crippen molar-refractivity contribution >= 4 is 5.97 Å². The molecule has 2 heteroatoms. The van der Waals surface area contributed by atoms with Crippen molar-refractivity contribution in [3.8, 4) is 0 Å². The van der Waals surface area contributed by atoms with Gasteiger partial charge in [0, 0.05) is 0 Å². The lowest BCUT2D eigenvalue weighted by Gasteiger charge is -2.17. The summed E-state index contributed by atoms with van der Waals surface area (Å²) in [7, 11) is 0. The third kappa shape index (κ3) is 3.37. The molecular formula is C10H16O2. The number of carbonyl (C=O) groups excluding carboxylic acids is 1. The number of carbonyl (C=O) groups is 1. The Kier molecular flexibility index (Phi) is 4.34. The van der Waals surface area contributed by atoms with Crippen LogP contribution in [0.25, 0.3) is 0 Å². The Bertz CT molecular complexity index is 190. The quantitative estimate of drug-likeness (QED) is 0.475. The number of rotatable bonds is 4. The summed E-state index contributed by atoms with van der Waals surface area (Å²) in [5.74, 6) is -0.205. The summed E-state index contributed by atoms with van der Waals surface area (Å²) in [6.45, 7) is 9.37. The SMILES string of the molecule is C=CC=CC(C)(C)C(=O)OCC. The van der Waals surface area contributed by atoms with Crippen LogP contribution in [0.5, 0.6) is 0 Å². The molecule has 0 aliphatic carbocycles. The number of allylic oxidation sites excluding steroid dienone is 2. The summed E-state index contributed by atoms with van der Waals surface area (Å²) in [6.07, 6.45) is 5.16. The minimum absolute atomic E-state index is 0.205. The van der Waals surface area contributed by atoms with Gasteiger partial charge in [0.05, 0.1) is 12.0 Å². The van der Waals surface area contributed by atoms with Crippen molar-refractivity contribution < 1.29 is 9.53 Å². The molecule has 0 aromatic rings. The predicted octanol–water partition coefficient (Wildman–Crippen LogP) is 2.32. The maximum atomic E-state index is 11.3. The summed E-state index contributed by atoms with van der Waals surface area (Å²) in [4.78, 5) is 11.3. The van der Waals surface area contributed by atoms with Crippen molar-refractivity contribution in [1.82, 2.24) is 0 Å². The average Bonchev–Trinajstić information content (AvgIpc) is 2.01. The molecule has 0 N–H and O–H groups in total. The van der Waals surface area contributed by atoms with E-state index >= 15 is 0 Å². The first-order valence-electron chi connectivity index (χ1n) is 4.02. The molecule has 0 aromatic heterocycles. The number of hydrogen-bond acceptors (Lipinski definition) is 2. The van der Waals surface area contributed by atoms with Gasteiger partial charge in [-0.25, -0.2) is 0 Å². The van der Waals surface area contributed by atoms with Gasteiger partial charge in [0.2, 0.25) is 0 Å². The highest BCUT2D eigenvalue weighted by molar-refractivity contribution is 5.78. The van der Waals surface area contributed by atoms with Gasteiger partial charge in [-0.3, -0.25) is 4.79 Å². The van der Waals surface area contributed by atoms with Crippen LogP contribution in [0.2, 0.25) is 0 Å². The Hall–Kier alpha value is -1.05.